The molecule has 3 rings (SSSR count). The van der Waals surface area contributed by atoms with E-state index < -0.39 is 0 Å². The normalized spacial score (nSPS) is 17.3. The quantitative estimate of drug-likeness (QED) is 0.816. The van der Waals surface area contributed by atoms with Gasteiger partial charge in [-0.3, -0.25) is 4.79 Å². The van der Waals surface area contributed by atoms with Gasteiger partial charge in [0.25, 0.3) is 5.91 Å². The fraction of sp³-hybridized carbons (Fsp3) is 0.471. The van der Waals surface area contributed by atoms with Crippen molar-refractivity contribution < 1.29 is 9.53 Å². The lowest BCUT2D eigenvalue weighted by Crippen LogP contribution is -2.35. The lowest BCUT2D eigenvalue weighted by molar-refractivity contribution is 0.0725. The molecule has 0 aliphatic carbocycles. The molecule has 1 aromatic carbocycles. The number of rotatable bonds is 6. The second-order valence-corrected chi connectivity index (χ2v) is 5.86. The van der Waals surface area contributed by atoms with Gasteiger partial charge in [0, 0.05) is 25.6 Å². The monoisotopic (exact) mass is 314 g/mol. The molecule has 6 heteroatoms. The van der Waals surface area contributed by atoms with Gasteiger partial charge in [-0.2, -0.15) is 0 Å². The van der Waals surface area contributed by atoms with Crippen LogP contribution in [-0.4, -0.2) is 52.1 Å². The Morgan fingerprint density at radius 1 is 1.39 bits per heavy atom. The molecular formula is C17H22N4O2. The van der Waals surface area contributed by atoms with Crippen LogP contribution in [0.4, 0.5) is 0 Å². The maximum Gasteiger partial charge on any atom is 0.276 e. The molecule has 0 radical (unpaired) electrons. The number of amides is 1. The summed E-state index contributed by atoms with van der Waals surface area (Å²) in [5.74, 6) is 0.372. The summed E-state index contributed by atoms with van der Waals surface area (Å²) < 4.78 is 7.09. The summed E-state index contributed by atoms with van der Waals surface area (Å²) in [7, 11) is 0. The van der Waals surface area contributed by atoms with Crippen LogP contribution in [0.1, 0.15) is 29.4 Å². The highest BCUT2D eigenvalue weighted by Crippen LogP contribution is 2.15. The van der Waals surface area contributed by atoms with Gasteiger partial charge in [0.15, 0.2) is 5.69 Å². The minimum Gasteiger partial charge on any atom is -0.381 e. The van der Waals surface area contributed by atoms with Crippen molar-refractivity contribution in [2.75, 3.05) is 26.3 Å². The lowest BCUT2D eigenvalue weighted by atomic mass is 10.1. The molecule has 1 aromatic heterocycles. The average Bonchev–Trinajstić information content (AvgIpc) is 3.25. The third-order valence-corrected chi connectivity index (χ3v) is 4.12. The zero-order valence-electron chi connectivity index (χ0n) is 13.4. The van der Waals surface area contributed by atoms with E-state index >= 15 is 0 Å². The van der Waals surface area contributed by atoms with E-state index in [9.17, 15) is 4.79 Å². The van der Waals surface area contributed by atoms with Crippen molar-refractivity contribution in [3.05, 3.63) is 47.8 Å². The Bertz CT molecular complexity index is 635. The van der Waals surface area contributed by atoms with Gasteiger partial charge in [-0.25, -0.2) is 4.68 Å². The van der Waals surface area contributed by atoms with Crippen molar-refractivity contribution in [3.63, 3.8) is 0 Å². The SMILES string of the molecule is CCN(CC1CCOC1)C(=O)c1cn(Cc2ccccc2)nn1. The fourth-order valence-corrected chi connectivity index (χ4v) is 2.80. The van der Waals surface area contributed by atoms with E-state index in [1.807, 2.05) is 42.2 Å². The molecule has 0 spiro atoms. The Morgan fingerprint density at radius 2 is 2.22 bits per heavy atom. The topological polar surface area (TPSA) is 60.2 Å². The third-order valence-electron chi connectivity index (χ3n) is 4.12. The van der Waals surface area contributed by atoms with Crippen molar-refractivity contribution in [2.45, 2.75) is 19.9 Å². The first kappa shape index (κ1) is 15.7. The minimum atomic E-state index is -0.0567. The third kappa shape index (κ3) is 3.96. The van der Waals surface area contributed by atoms with Crippen LogP contribution in [0, 0.1) is 5.92 Å². The highest BCUT2D eigenvalue weighted by atomic mass is 16.5. The summed E-state index contributed by atoms with van der Waals surface area (Å²) in [5, 5.41) is 8.12. The minimum absolute atomic E-state index is 0.0567. The molecule has 0 N–H and O–H groups in total. The zero-order chi connectivity index (χ0) is 16.1. The standard InChI is InChI=1S/C17H22N4O2/c1-2-20(10-15-8-9-23-13-15)17(22)16-12-21(19-18-16)11-14-6-4-3-5-7-14/h3-7,12,15H,2,8-11,13H2,1H3. The molecule has 23 heavy (non-hydrogen) atoms. The van der Waals surface area contributed by atoms with Gasteiger partial charge in [0.1, 0.15) is 0 Å². The molecule has 1 aliphatic heterocycles. The predicted octanol–water partition coefficient (Wildman–Crippen LogP) is 1.82. The first-order chi connectivity index (χ1) is 11.3. The van der Waals surface area contributed by atoms with Crippen LogP contribution >= 0.6 is 0 Å². The van der Waals surface area contributed by atoms with E-state index in [4.69, 9.17) is 4.74 Å². The molecule has 122 valence electrons. The van der Waals surface area contributed by atoms with E-state index in [0.29, 0.717) is 24.7 Å². The smallest absolute Gasteiger partial charge is 0.276 e. The Balaban J connectivity index is 1.64. The molecular weight excluding hydrogens is 292 g/mol. The van der Waals surface area contributed by atoms with Gasteiger partial charge >= 0.3 is 0 Å². The maximum atomic E-state index is 12.6. The summed E-state index contributed by atoms with van der Waals surface area (Å²) in [5.41, 5.74) is 1.54. The number of ether oxygens (including phenoxy) is 1. The zero-order valence-corrected chi connectivity index (χ0v) is 13.4. The fourth-order valence-electron chi connectivity index (χ4n) is 2.80. The van der Waals surface area contributed by atoms with Crippen LogP contribution < -0.4 is 0 Å². The van der Waals surface area contributed by atoms with Crippen LogP contribution in [0.15, 0.2) is 36.5 Å². The second-order valence-electron chi connectivity index (χ2n) is 5.86. The second kappa shape index (κ2) is 7.37. The van der Waals surface area contributed by atoms with Gasteiger partial charge in [0.2, 0.25) is 0 Å². The number of aromatic nitrogens is 3. The van der Waals surface area contributed by atoms with Gasteiger partial charge < -0.3 is 9.64 Å². The Morgan fingerprint density at radius 3 is 2.91 bits per heavy atom. The molecule has 1 aliphatic rings. The first-order valence-corrected chi connectivity index (χ1v) is 8.07. The molecule has 1 unspecified atom stereocenters. The highest BCUT2D eigenvalue weighted by molar-refractivity contribution is 5.91. The van der Waals surface area contributed by atoms with E-state index in [2.05, 4.69) is 10.3 Å². The maximum absolute atomic E-state index is 12.6. The van der Waals surface area contributed by atoms with Crippen molar-refractivity contribution in [1.29, 1.82) is 0 Å². The Labute approximate surface area is 136 Å². The van der Waals surface area contributed by atoms with Gasteiger partial charge in [-0.05, 0) is 18.9 Å². The number of carbonyl (C=O) groups excluding carboxylic acids is 1. The van der Waals surface area contributed by atoms with Gasteiger partial charge in [0.05, 0.1) is 19.3 Å². The van der Waals surface area contributed by atoms with E-state index in [-0.39, 0.29) is 5.91 Å². The summed E-state index contributed by atoms with van der Waals surface area (Å²) in [6.07, 6.45) is 2.74. The molecule has 1 amide bonds. The van der Waals surface area contributed by atoms with Gasteiger partial charge in [-0.15, -0.1) is 5.10 Å². The predicted molar refractivity (Wildman–Crippen MR) is 86.1 cm³/mol. The van der Waals surface area contributed by atoms with Crippen molar-refractivity contribution in [2.24, 2.45) is 5.92 Å². The molecule has 0 saturated carbocycles. The summed E-state index contributed by atoms with van der Waals surface area (Å²) in [6.45, 7) is 5.53. The molecule has 1 fully saturated rings. The molecule has 2 heterocycles. The van der Waals surface area contributed by atoms with E-state index in [0.717, 1.165) is 31.7 Å². The van der Waals surface area contributed by atoms with Crippen molar-refractivity contribution >= 4 is 5.91 Å². The van der Waals surface area contributed by atoms with Crippen LogP contribution in [0.25, 0.3) is 0 Å². The number of carbonyl (C=O) groups is 1. The average molecular weight is 314 g/mol. The summed E-state index contributed by atoms with van der Waals surface area (Å²) in [6, 6.07) is 10.0. The first-order valence-electron chi connectivity index (χ1n) is 8.07. The number of hydrogen-bond donors (Lipinski definition) is 0. The van der Waals surface area contributed by atoms with Crippen LogP contribution in [0.3, 0.4) is 0 Å². The van der Waals surface area contributed by atoms with Crippen LogP contribution in [0.5, 0.6) is 0 Å². The van der Waals surface area contributed by atoms with Crippen LogP contribution in [0.2, 0.25) is 0 Å². The van der Waals surface area contributed by atoms with Gasteiger partial charge in [-0.1, -0.05) is 35.5 Å². The number of hydrogen-bond acceptors (Lipinski definition) is 4. The van der Waals surface area contributed by atoms with Crippen molar-refractivity contribution in [3.8, 4) is 0 Å². The summed E-state index contributed by atoms with van der Waals surface area (Å²) in [4.78, 5) is 14.4. The van der Waals surface area contributed by atoms with Crippen LogP contribution in [-0.2, 0) is 11.3 Å². The number of nitrogens with zero attached hydrogens (tertiary/aromatic N) is 4. The van der Waals surface area contributed by atoms with Crippen molar-refractivity contribution in [1.82, 2.24) is 19.9 Å². The molecule has 1 atom stereocenters. The Kier molecular flexibility index (Phi) is 5.02. The molecule has 2 aromatic rings. The van der Waals surface area contributed by atoms with E-state index in [1.54, 1.807) is 10.9 Å². The number of benzene rings is 1. The summed E-state index contributed by atoms with van der Waals surface area (Å²) >= 11 is 0. The largest absolute Gasteiger partial charge is 0.381 e. The lowest BCUT2D eigenvalue weighted by Gasteiger charge is -2.22. The molecule has 0 bridgehead atoms. The van der Waals surface area contributed by atoms with E-state index in [1.165, 1.54) is 0 Å². The molecule has 6 nitrogen and oxygen atoms in total. The molecule has 1 saturated heterocycles. The Hall–Kier alpha value is -2.21. The highest BCUT2D eigenvalue weighted by Gasteiger charge is 2.23.